The summed E-state index contributed by atoms with van der Waals surface area (Å²) in [7, 11) is -1.90. The molecule has 3 nitrogen and oxygen atoms in total. The van der Waals surface area contributed by atoms with E-state index in [0.717, 1.165) is 29.9 Å². The van der Waals surface area contributed by atoms with Crippen molar-refractivity contribution in [2.24, 2.45) is 0 Å². The van der Waals surface area contributed by atoms with Gasteiger partial charge in [-0.1, -0.05) is 39.0 Å². The predicted octanol–water partition coefficient (Wildman–Crippen LogP) is 7.56. The number of rotatable bonds is 7. The second kappa shape index (κ2) is 10.1. The van der Waals surface area contributed by atoms with Gasteiger partial charge in [-0.2, -0.15) is 0 Å². The molecule has 0 radical (unpaired) electrons. The molecule has 1 aromatic heterocycles. The van der Waals surface area contributed by atoms with Crippen molar-refractivity contribution in [1.29, 1.82) is 0 Å². The van der Waals surface area contributed by atoms with Gasteiger partial charge in [0.2, 0.25) is 8.32 Å². The van der Waals surface area contributed by atoms with Crippen molar-refractivity contribution in [3.63, 3.8) is 0 Å². The number of hydrogen-bond acceptors (Lipinski definition) is 4. The summed E-state index contributed by atoms with van der Waals surface area (Å²) in [5.74, 6) is 1.00. The van der Waals surface area contributed by atoms with Crippen LogP contribution in [0.15, 0.2) is 52.8 Å². The van der Waals surface area contributed by atoms with Crippen molar-refractivity contribution in [3.8, 4) is 5.75 Å². The predicted molar refractivity (Wildman–Crippen MR) is 146 cm³/mol. The van der Waals surface area contributed by atoms with Crippen LogP contribution in [-0.2, 0) is 0 Å². The zero-order valence-electron chi connectivity index (χ0n) is 20.7. The molecule has 2 aromatic rings. The van der Waals surface area contributed by atoms with Gasteiger partial charge in [-0.15, -0.1) is 17.9 Å². The zero-order valence-corrected chi connectivity index (χ0v) is 24.1. The van der Waals surface area contributed by atoms with Gasteiger partial charge in [0, 0.05) is 46.4 Å². The Balaban J connectivity index is 1.97. The number of piperazine rings is 1. The Morgan fingerprint density at radius 1 is 1.22 bits per heavy atom. The van der Waals surface area contributed by atoms with E-state index < -0.39 is 8.32 Å². The first-order chi connectivity index (χ1) is 14.9. The van der Waals surface area contributed by atoms with E-state index in [0.29, 0.717) is 12.1 Å². The first kappa shape index (κ1) is 25.7. The first-order valence-electron chi connectivity index (χ1n) is 11.6. The largest absolute Gasteiger partial charge is 0.543 e. The van der Waals surface area contributed by atoms with E-state index in [9.17, 15) is 0 Å². The summed E-state index contributed by atoms with van der Waals surface area (Å²) in [6, 6.07) is 12.3. The van der Waals surface area contributed by atoms with Crippen LogP contribution in [0.5, 0.6) is 5.75 Å². The number of halogens is 1. The number of thiophene rings is 1. The van der Waals surface area contributed by atoms with Gasteiger partial charge in [0.05, 0.1) is 6.04 Å². The molecule has 0 aliphatic carbocycles. The molecule has 0 unspecified atom stereocenters. The second-order valence-electron chi connectivity index (χ2n) is 10.6. The summed E-state index contributed by atoms with van der Waals surface area (Å²) >= 11 is 5.52. The SMILES string of the molecule is C=CCN1C[C@@H](C)N([C@@H](c2cccc(O[Si](C)(C)C(C)(C)C)c2)c2cc(Br)cs2)C[C@@H]1C. The van der Waals surface area contributed by atoms with Crippen LogP contribution in [0, 0.1) is 0 Å². The van der Waals surface area contributed by atoms with Gasteiger partial charge in [0.25, 0.3) is 0 Å². The van der Waals surface area contributed by atoms with Gasteiger partial charge < -0.3 is 4.43 Å². The lowest BCUT2D eigenvalue weighted by molar-refractivity contribution is 0.0315. The van der Waals surface area contributed by atoms with Crippen LogP contribution in [0.2, 0.25) is 18.1 Å². The van der Waals surface area contributed by atoms with Crippen LogP contribution in [0.4, 0.5) is 0 Å². The van der Waals surface area contributed by atoms with Crippen molar-refractivity contribution in [2.75, 3.05) is 19.6 Å². The minimum absolute atomic E-state index is 0.173. The molecule has 1 fully saturated rings. The maximum Gasteiger partial charge on any atom is 0.250 e. The molecule has 176 valence electrons. The maximum atomic E-state index is 6.68. The highest BCUT2D eigenvalue weighted by atomic mass is 79.9. The van der Waals surface area contributed by atoms with Crippen molar-refractivity contribution in [3.05, 3.63) is 63.3 Å². The van der Waals surface area contributed by atoms with Crippen molar-refractivity contribution in [1.82, 2.24) is 9.80 Å². The lowest BCUT2D eigenvalue weighted by atomic mass is 9.98. The molecule has 0 spiro atoms. The highest BCUT2D eigenvalue weighted by molar-refractivity contribution is 9.10. The summed E-state index contributed by atoms with van der Waals surface area (Å²) in [6.07, 6.45) is 2.02. The summed E-state index contributed by atoms with van der Waals surface area (Å²) < 4.78 is 7.83. The summed E-state index contributed by atoms with van der Waals surface area (Å²) in [5.41, 5.74) is 1.31. The monoisotopic (exact) mass is 534 g/mol. The third kappa shape index (κ3) is 5.76. The molecule has 1 aliphatic rings. The van der Waals surface area contributed by atoms with Crippen LogP contribution in [0.3, 0.4) is 0 Å². The third-order valence-corrected chi connectivity index (χ3v) is 13.2. The quantitative estimate of drug-likeness (QED) is 0.269. The fourth-order valence-electron chi connectivity index (χ4n) is 4.19. The molecule has 32 heavy (non-hydrogen) atoms. The highest BCUT2D eigenvalue weighted by Crippen LogP contribution is 2.41. The molecule has 0 amide bonds. The van der Waals surface area contributed by atoms with E-state index in [2.05, 4.69) is 116 Å². The normalized spacial score (nSPS) is 22.0. The minimum Gasteiger partial charge on any atom is -0.543 e. The highest BCUT2D eigenvalue weighted by Gasteiger charge is 2.39. The molecule has 1 saturated heterocycles. The fourth-order valence-corrected chi connectivity index (χ4v) is 6.80. The molecule has 1 aliphatic heterocycles. The van der Waals surface area contributed by atoms with E-state index in [-0.39, 0.29) is 11.1 Å². The van der Waals surface area contributed by atoms with Crippen LogP contribution in [0.25, 0.3) is 0 Å². The molecule has 3 rings (SSSR count). The molecule has 2 heterocycles. The fraction of sp³-hybridized carbons (Fsp3) is 0.538. The average Bonchev–Trinajstić information content (AvgIpc) is 3.11. The van der Waals surface area contributed by atoms with Crippen LogP contribution in [0.1, 0.15) is 51.1 Å². The third-order valence-electron chi connectivity index (χ3n) is 7.07. The van der Waals surface area contributed by atoms with Gasteiger partial charge in [-0.25, -0.2) is 0 Å². The Morgan fingerprint density at radius 3 is 2.53 bits per heavy atom. The Bertz CT molecular complexity index is 923. The molecule has 6 heteroatoms. The number of benzene rings is 1. The van der Waals surface area contributed by atoms with Crippen molar-refractivity contribution >= 4 is 35.6 Å². The molecular weight excluding hydrogens is 496 g/mol. The second-order valence-corrected chi connectivity index (χ2v) is 17.2. The number of nitrogens with zero attached hydrogens (tertiary/aromatic N) is 2. The van der Waals surface area contributed by atoms with E-state index in [4.69, 9.17) is 4.43 Å². The smallest absolute Gasteiger partial charge is 0.250 e. The zero-order chi connectivity index (χ0) is 23.7. The van der Waals surface area contributed by atoms with Gasteiger partial charge in [-0.05, 0) is 71.7 Å². The minimum atomic E-state index is -1.90. The van der Waals surface area contributed by atoms with E-state index >= 15 is 0 Å². The topological polar surface area (TPSA) is 15.7 Å². The van der Waals surface area contributed by atoms with Crippen LogP contribution in [-0.4, -0.2) is 49.8 Å². The molecule has 3 atom stereocenters. The molecule has 0 bridgehead atoms. The van der Waals surface area contributed by atoms with E-state index in [1.807, 2.05) is 17.4 Å². The molecule has 0 N–H and O–H groups in total. The molecule has 0 saturated carbocycles. The van der Waals surface area contributed by atoms with Crippen LogP contribution < -0.4 is 4.43 Å². The molecular formula is C26H39BrN2OSSi. The average molecular weight is 536 g/mol. The lowest BCUT2D eigenvalue weighted by Crippen LogP contribution is -2.57. The summed E-state index contributed by atoms with van der Waals surface area (Å²) in [5, 5.41) is 2.37. The molecule has 1 aromatic carbocycles. The Labute approximate surface area is 208 Å². The number of hydrogen-bond donors (Lipinski definition) is 0. The van der Waals surface area contributed by atoms with E-state index in [1.54, 1.807) is 0 Å². The standard InChI is InChI=1S/C26H39BrN2OSSi/c1-9-13-28-16-20(3)29(17-19(28)2)25(24-15-22(27)18-31-24)21-11-10-12-23(14-21)30-32(7,8)26(4,5)6/h9-12,14-15,18-20,25H,1,13,16-17H2,2-8H3/t19-,20+,25-/m0/s1. The summed E-state index contributed by atoms with van der Waals surface area (Å²) in [4.78, 5) is 6.58. The van der Waals surface area contributed by atoms with E-state index in [1.165, 1.54) is 10.4 Å². The van der Waals surface area contributed by atoms with Crippen molar-refractivity contribution < 1.29 is 4.43 Å². The lowest BCUT2D eigenvalue weighted by Gasteiger charge is -2.47. The Kier molecular flexibility index (Phi) is 8.14. The Hall–Kier alpha value is -0.923. The maximum absolute atomic E-state index is 6.68. The van der Waals surface area contributed by atoms with Gasteiger partial charge in [0.1, 0.15) is 5.75 Å². The van der Waals surface area contributed by atoms with Crippen molar-refractivity contribution in [2.45, 2.75) is 70.9 Å². The summed E-state index contributed by atoms with van der Waals surface area (Å²) in [6.45, 7) is 23.2. The van der Waals surface area contributed by atoms with Gasteiger partial charge in [-0.3, -0.25) is 9.80 Å². The van der Waals surface area contributed by atoms with Crippen LogP contribution >= 0.6 is 27.3 Å². The van der Waals surface area contributed by atoms with Gasteiger partial charge >= 0.3 is 0 Å². The van der Waals surface area contributed by atoms with Gasteiger partial charge in [0.15, 0.2) is 0 Å². The Morgan fingerprint density at radius 2 is 1.94 bits per heavy atom. The first-order valence-corrected chi connectivity index (χ1v) is 16.1.